The van der Waals surface area contributed by atoms with Gasteiger partial charge in [0.15, 0.2) is 9.84 Å². The Hall–Kier alpha value is -2.98. The third kappa shape index (κ3) is 4.61. The molecular formula is C21H21ClN4O5S. The molecule has 1 aliphatic heterocycles. The van der Waals surface area contributed by atoms with Gasteiger partial charge in [-0.1, -0.05) is 17.7 Å². The highest BCUT2D eigenvalue weighted by molar-refractivity contribution is 7.91. The van der Waals surface area contributed by atoms with Crippen LogP contribution in [-0.2, 0) is 26.0 Å². The highest BCUT2D eigenvalue weighted by Crippen LogP contribution is 2.30. The number of hydrogen-bond donors (Lipinski definition) is 0. The standard InChI is InChI=1S/C21H21ClN4O5S/c1-13-3-5-18-23-15(9-19(27)25(18)10-13)11-31-20(28)6-4-17-14(2)24-26(21(17)22)16-7-8-32(29,30)12-16/h3-6,9-10,16H,7-8,11-12H2,1-2H3. The molecular weight excluding hydrogens is 456 g/mol. The van der Waals surface area contributed by atoms with Gasteiger partial charge < -0.3 is 4.74 Å². The van der Waals surface area contributed by atoms with Crippen LogP contribution in [0.15, 0.2) is 35.3 Å². The number of aromatic nitrogens is 4. The molecule has 1 saturated heterocycles. The number of fused-ring (bicyclic) bond motifs is 1. The maximum absolute atomic E-state index is 12.2. The smallest absolute Gasteiger partial charge is 0.331 e. The first-order chi connectivity index (χ1) is 15.1. The molecule has 9 nitrogen and oxygen atoms in total. The first-order valence-corrected chi connectivity index (χ1v) is 12.1. The summed E-state index contributed by atoms with van der Waals surface area (Å²) in [6.07, 6.45) is 4.84. The van der Waals surface area contributed by atoms with Gasteiger partial charge in [-0.15, -0.1) is 0 Å². The molecule has 32 heavy (non-hydrogen) atoms. The zero-order valence-corrected chi connectivity index (χ0v) is 19.1. The molecule has 0 spiro atoms. The Bertz CT molecular complexity index is 1410. The minimum Gasteiger partial charge on any atom is -0.456 e. The Morgan fingerprint density at radius 1 is 1.34 bits per heavy atom. The third-order valence-electron chi connectivity index (χ3n) is 5.23. The summed E-state index contributed by atoms with van der Waals surface area (Å²) < 4.78 is 31.6. The summed E-state index contributed by atoms with van der Waals surface area (Å²) in [5.74, 6) is -0.532. The molecule has 11 heteroatoms. The molecule has 3 aromatic rings. The normalized spacial score (nSPS) is 17.9. The number of pyridine rings is 1. The molecule has 0 radical (unpaired) electrons. The molecule has 168 valence electrons. The SMILES string of the molecule is Cc1ccc2nc(COC(=O)C=Cc3c(C)nn(C4CCS(=O)(=O)C4)c3Cl)cc(=O)n2c1. The first-order valence-electron chi connectivity index (χ1n) is 9.92. The summed E-state index contributed by atoms with van der Waals surface area (Å²) >= 11 is 6.40. The fraction of sp³-hybridized carbons (Fsp3) is 0.333. The van der Waals surface area contributed by atoms with E-state index in [1.165, 1.54) is 27.3 Å². The molecule has 0 aliphatic carbocycles. The molecule has 4 heterocycles. The summed E-state index contributed by atoms with van der Waals surface area (Å²) in [5.41, 5.74) is 2.56. The summed E-state index contributed by atoms with van der Waals surface area (Å²) in [6.45, 7) is 3.45. The molecule has 0 amide bonds. The minimum atomic E-state index is -3.08. The lowest BCUT2D eigenvalue weighted by molar-refractivity contribution is -0.139. The average Bonchev–Trinajstić information content (AvgIpc) is 3.23. The number of aryl methyl sites for hydroxylation is 2. The van der Waals surface area contributed by atoms with Gasteiger partial charge in [-0.3, -0.25) is 9.20 Å². The van der Waals surface area contributed by atoms with E-state index in [0.717, 1.165) is 5.56 Å². The molecule has 1 unspecified atom stereocenters. The molecule has 0 saturated carbocycles. The Kier molecular flexibility index (Phi) is 5.91. The van der Waals surface area contributed by atoms with Gasteiger partial charge in [0.2, 0.25) is 0 Å². The molecule has 0 bridgehead atoms. The molecule has 1 atom stereocenters. The number of rotatable bonds is 5. The Labute approximate surface area is 189 Å². The molecule has 1 aliphatic rings. The highest BCUT2D eigenvalue weighted by Gasteiger charge is 2.31. The lowest BCUT2D eigenvalue weighted by atomic mass is 10.2. The van der Waals surface area contributed by atoms with Crippen molar-refractivity contribution in [2.24, 2.45) is 0 Å². The second-order valence-corrected chi connectivity index (χ2v) is 10.3. The number of esters is 1. The number of halogens is 1. The predicted molar refractivity (Wildman–Crippen MR) is 119 cm³/mol. The van der Waals surface area contributed by atoms with Gasteiger partial charge in [0, 0.05) is 23.9 Å². The average molecular weight is 477 g/mol. The third-order valence-corrected chi connectivity index (χ3v) is 7.36. The van der Waals surface area contributed by atoms with E-state index in [1.807, 2.05) is 13.0 Å². The lowest BCUT2D eigenvalue weighted by Crippen LogP contribution is -2.16. The first kappa shape index (κ1) is 22.2. The predicted octanol–water partition coefficient (Wildman–Crippen LogP) is 2.28. The van der Waals surface area contributed by atoms with Crippen molar-refractivity contribution in [1.82, 2.24) is 19.2 Å². The van der Waals surface area contributed by atoms with Crippen LogP contribution in [0, 0.1) is 13.8 Å². The van der Waals surface area contributed by atoms with Crippen molar-refractivity contribution in [2.75, 3.05) is 11.5 Å². The summed E-state index contributed by atoms with van der Waals surface area (Å²) in [4.78, 5) is 28.8. The van der Waals surface area contributed by atoms with Crippen molar-refractivity contribution in [3.8, 4) is 0 Å². The Morgan fingerprint density at radius 3 is 2.84 bits per heavy atom. The van der Waals surface area contributed by atoms with E-state index in [0.29, 0.717) is 29.0 Å². The molecule has 0 aromatic carbocycles. The van der Waals surface area contributed by atoms with Crippen LogP contribution < -0.4 is 5.56 Å². The van der Waals surface area contributed by atoms with Crippen molar-refractivity contribution < 1.29 is 17.9 Å². The molecule has 4 rings (SSSR count). The van der Waals surface area contributed by atoms with Crippen LogP contribution in [-0.4, -0.2) is 45.1 Å². The van der Waals surface area contributed by atoms with Gasteiger partial charge >= 0.3 is 5.97 Å². The maximum atomic E-state index is 12.2. The Morgan fingerprint density at radius 2 is 2.12 bits per heavy atom. The van der Waals surface area contributed by atoms with Crippen LogP contribution in [0.25, 0.3) is 11.7 Å². The lowest BCUT2D eigenvalue weighted by Gasteiger charge is -2.09. The van der Waals surface area contributed by atoms with Crippen molar-refractivity contribution in [2.45, 2.75) is 32.9 Å². The largest absolute Gasteiger partial charge is 0.456 e. The molecule has 0 N–H and O–H groups in total. The number of carbonyl (C=O) groups excluding carboxylic acids is 1. The monoisotopic (exact) mass is 476 g/mol. The van der Waals surface area contributed by atoms with Crippen LogP contribution in [0.2, 0.25) is 5.15 Å². The number of sulfone groups is 1. The summed E-state index contributed by atoms with van der Waals surface area (Å²) in [5, 5.41) is 4.62. The van der Waals surface area contributed by atoms with Gasteiger partial charge in [0.05, 0.1) is 28.9 Å². The van der Waals surface area contributed by atoms with Crippen molar-refractivity contribution >= 4 is 39.1 Å². The number of hydrogen-bond acceptors (Lipinski definition) is 7. The zero-order valence-electron chi connectivity index (χ0n) is 17.5. The molecule has 1 fully saturated rings. The summed E-state index contributed by atoms with van der Waals surface area (Å²) in [7, 11) is -3.08. The highest BCUT2D eigenvalue weighted by atomic mass is 35.5. The van der Waals surface area contributed by atoms with E-state index in [4.69, 9.17) is 16.3 Å². The van der Waals surface area contributed by atoms with Crippen LogP contribution in [0.5, 0.6) is 0 Å². The van der Waals surface area contributed by atoms with Gasteiger partial charge in [-0.25, -0.2) is 22.9 Å². The maximum Gasteiger partial charge on any atom is 0.331 e. The van der Waals surface area contributed by atoms with E-state index < -0.39 is 15.8 Å². The zero-order chi connectivity index (χ0) is 23.0. The van der Waals surface area contributed by atoms with Gasteiger partial charge in [0.25, 0.3) is 5.56 Å². The van der Waals surface area contributed by atoms with Crippen LogP contribution in [0.3, 0.4) is 0 Å². The Balaban J connectivity index is 1.45. The molecule has 3 aromatic heterocycles. The van der Waals surface area contributed by atoms with Crippen molar-refractivity contribution in [3.05, 3.63) is 68.5 Å². The van der Waals surface area contributed by atoms with E-state index >= 15 is 0 Å². The number of ether oxygens (including phenoxy) is 1. The fourth-order valence-corrected chi connectivity index (χ4v) is 5.68. The van der Waals surface area contributed by atoms with E-state index in [9.17, 15) is 18.0 Å². The van der Waals surface area contributed by atoms with Crippen LogP contribution in [0.4, 0.5) is 0 Å². The number of carbonyl (C=O) groups is 1. The van der Waals surface area contributed by atoms with Crippen LogP contribution >= 0.6 is 11.6 Å². The number of nitrogens with zero attached hydrogens (tertiary/aromatic N) is 4. The van der Waals surface area contributed by atoms with E-state index in [1.54, 1.807) is 19.2 Å². The van der Waals surface area contributed by atoms with Gasteiger partial charge in [0.1, 0.15) is 17.4 Å². The van der Waals surface area contributed by atoms with Crippen molar-refractivity contribution in [3.63, 3.8) is 0 Å². The minimum absolute atomic E-state index is 0.00263. The second kappa shape index (κ2) is 8.51. The topological polar surface area (TPSA) is 113 Å². The summed E-state index contributed by atoms with van der Waals surface area (Å²) in [6, 6.07) is 4.57. The van der Waals surface area contributed by atoms with Crippen LogP contribution in [0.1, 0.15) is 35.0 Å². The quantitative estimate of drug-likeness (QED) is 0.410. The van der Waals surface area contributed by atoms with E-state index in [2.05, 4.69) is 10.1 Å². The van der Waals surface area contributed by atoms with Crippen molar-refractivity contribution in [1.29, 1.82) is 0 Å². The van der Waals surface area contributed by atoms with Gasteiger partial charge in [-0.05, 0) is 38.0 Å². The fourth-order valence-electron chi connectivity index (χ4n) is 3.61. The van der Waals surface area contributed by atoms with E-state index in [-0.39, 0.29) is 34.9 Å². The van der Waals surface area contributed by atoms with Gasteiger partial charge in [-0.2, -0.15) is 5.10 Å². The second-order valence-electron chi connectivity index (χ2n) is 7.75.